The Morgan fingerprint density at radius 2 is 2.00 bits per heavy atom. The van der Waals surface area contributed by atoms with Crippen LogP contribution in [0.1, 0.15) is 5.56 Å². The molecule has 4 heteroatoms. The number of halogens is 3. The second kappa shape index (κ2) is 4.58. The maximum atomic E-state index is 5.95. The molecule has 0 bridgehead atoms. The van der Waals surface area contributed by atoms with Crippen molar-refractivity contribution in [2.75, 3.05) is 0 Å². The predicted octanol–water partition coefficient (Wildman–Crippen LogP) is 3.13. The Labute approximate surface area is 91.1 Å². The summed E-state index contributed by atoms with van der Waals surface area (Å²) in [5, 5.41) is 0.867. The maximum absolute atomic E-state index is 5.95. The van der Waals surface area contributed by atoms with Gasteiger partial charge in [0, 0.05) is 0 Å². The molecule has 0 unspecified atom stereocenters. The monoisotopic (exact) mass is 488 g/mol. The van der Waals surface area contributed by atoms with Crippen LogP contribution in [0, 0.1) is 6.92 Å². The SMILES string of the molecule is Cc1cc[c]([Tl]([Br])[Br])cc1Cl. The van der Waals surface area contributed by atoms with E-state index in [4.69, 9.17) is 11.6 Å². The molecule has 0 radical (unpaired) electrons. The Bertz CT molecular complexity index is 263. The Balaban J connectivity index is 3.05. The van der Waals surface area contributed by atoms with Gasteiger partial charge in [-0.1, -0.05) is 0 Å². The van der Waals surface area contributed by atoms with E-state index in [0.29, 0.717) is 0 Å². The number of rotatable bonds is 1. The summed E-state index contributed by atoms with van der Waals surface area (Å²) in [6, 6.07) is 6.25. The third-order valence-corrected chi connectivity index (χ3v) is 14.5. The van der Waals surface area contributed by atoms with Crippen LogP contribution in [-0.2, 0) is 0 Å². The second-order valence-corrected chi connectivity index (χ2v) is 34.5. The summed E-state index contributed by atoms with van der Waals surface area (Å²) >= 11 is 11.4. The van der Waals surface area contributed by atoms with Crippen LogP contribution in [0.3, 0.4) is 0 Å². The van der Waals surface area contributed by atoms with Crippen LogP contribution in [0.4, 0.5) is 0 Å². The zero-order valence-corrected chi connectivity index (χ0v) is 14.4. The number of benzene rings is 1. The summed E-state index contributed by atoms with van der Waals surface area (Å²) in [5.41, 5.74) is 1.14. The van der Waals surface area contributed by atoms with E-state index in [9.17, 15) is 0 Å². The van der Waals surface area contributed by atoms with Gasteiger partial charge in [0.05, 0.1) is 0 Å². The van der Waals surface area contributed by atoms with Crippen molar-refractivity contribution in [3.05, 3.63) is 28.8 Å². The van der Waals surface area contributed by atoms with Crippen LogP contribution < -0.4 is 3.12 Å². The van der Waals surface area contributed by atoms with Crippen molar-refractivity contribution in [1.29, 1.82) is 0 Å². The van der Waals surface area contributed by atoms with Crippen LogP contribution >= 0.6 is 35.6 Å². The molecule has 1 aromatic rings. The molecule has 0 saturated carbocycles. The van der Waals surface area contributed by atoms with Crippen molar-refractivity contribution in [3.63, 3.8) is 0 Å². The van der Waals surface area contributed by atoms with Crippen molar-refractivity contribution in [2.45, 2.75) is 6.92 Å². The van der Waals surface area contributed by atoms with E-state index in [1.165, 1.54) is 3.12 Å². The predicted molar refractivity (Wildman–Crippen MR) is 59.4 cm³/mol. The molecule has 11 heavy (non-hydrogen) atoms. The average Bonchev–Trinajstić information content (AvgIpc) is 1.94. The topological polar surface area (TPSA) is 0 Å². The van der Waals surface area contributed by atoms with E-state index in [1.807, 2.05) is 13.0 Å². The van der Waals surface area contributed by atoms with Crippen molar-refractivity contribution in [2.24, 2.45) is 0 Å². The Morgan fingerprint density at radius 1 is 1.36 bits per heavy atom. The molecule has 58 valence electrons. The molecule has 0 N–H and O–H groups in total. The number of hydrogen-bond acceptors (Lipinski definition) is 0. The zero-order valence-electron chi connectivity index (χ0n) is 5.94. The second-order valence-electron chi connectivity index (χ2n) is 2.31. The molecule has 0 fully saturated rings. The fourth-order valence-corrected chi connectivity index (χ4v) is 8.42. The fraction of sp³-hybridized carbons (Fsp3) is 0.143. The third-order valence-electron chi connectivity index (χ3n) is 1.45. The summed E-state index contributed by atoms with van der Waals surface area (Å²) in [6.07, 6.45) is 0. The quantitative estimate of drug-likeness (QED) is 0.532. The molecule has 0 amide bonds. The van der Waals surface area contributed by atoms with E-state index in [-0.39, 0.29) is 0 Å². The summed E-state index contributed by atoms with van der Waals surface area (Å²) in [5.74, 6) is 0. The van der Waals surface area contributed by atoms with Crippen molar-refractivity contribution < 1.29 is 0 Å². The van der Waals surface area contributed by atoms with Crippen LogP contribution in [0.25, 0.3) is 0 Å². The Kier molecular flexibility index (Phi) is 4.36. The van der Waals surface area contributed by atoms with Crippen LogP contribution in [0.2, 0.25) is 5.02 Å². The molecule has 0 aromatic heterocycles. The minimum absolute atomic E-state index is 0.867. The molecule has 0 saturated heterocycles. The van der Waals surface area contributed by atoms with Crippen LogP contribution in [-0.4, -0.2) is 17.9 Å². The standard InChI is InChI=1S/C7H6Cl.2BrH.Tl/c1-6-4-2-3-5-7(6)8;;;/h2,4-5H,1H3;2*1H;/q;;;+2/p-2. The average molecular weight is 490 g/mol. The van der Waals surface area contributed by atoms with Gasteiger partial charge in [0.2, 0.25) is 0 Å². The summed E-state index contributed by atoms with van der Waals surface area (Å²) in [6.45, 7) is 2.01. The molecule has 1 rings (SSSR count). The van der Waals surface area contributed by atoms with E-state index in [0.717, 1.165) is 10.6 Å². The minimum atomic E-state index is -1.77. The van der Waals surface area contributed by atoms with Gasteiger partial charge in [-0.25, -0.2) is 0 Å². The van der Waals surface area contributed by atoms with Crippen LogP contribution in [0.15, 0.2) is 18.2 Å². The van der Waals surface area contributed by atoms with Gasteiger partial charge in [-0.05, 0) is 0 Å². The van der Waals surface area contributed by atoms with Gasteiger partial charge in [0.25, 0.3) is 0 Å². The van der Waals surface area contributed by atoms with E-state index >= 15 is 0 Å². The normalized spacial score (nSPS) is 9.82. The van der Waals surface area contributed by atoms with Gasteiger partial charge in [-0.15, -0.1) is 0 Å². The first kappa shape index (κ1) is 10.5. The number of aryl methyl sites for hydroxylation is 1. The summed E-state index contributed by atoms with van der Waals surface area (Å²) in [4.78, 5) is 0. The molecule has 0 aliphatic rings. The van der Waals surface area contributed by atoms with Gasteiger partial charge >= 0.3 is 92.3 Å². The molecule has 0 heterocycles. The van der Waals surface area contributed by atoms with E-state index in [1.54, 1.807) is 0 Å². The first-order chi connectivity index (χ1) is 5.11. The Hall–Kier alpha value is 1.39. The van der Waals surface area contributed by atoms with Gasteiger partial charge in [-0.3, -0.25) is 0 Å². The van der Waals surface area contributed by atoms with Crippen LogP contribution in [0.5, 0.6) is 0 Å². The first-order valence-corrected chi connectivity index (χ1v) is 25.2. The molecule has 0 aliphatic heterocycles. The van der Waals surface area contributed by atoms with Crippen molar-refractivity contribution in [3.8, 4) is 0 Å². The van der Waals surface area contributed by atoms with E-state index < -0.39 is 17.9 Å². The molecule has 1 aromatic carbocycles. The third kappa shape index (κ3) is 2.97. The van der Waals surface area contributed by atoms with E-state index in [2.05, 4.69) is 36.1 Å². The molecule has 0 aliphatic carbocycles. The van der Waals surface area contributed by atoms with Gasteiger partial charge in [0.15, 0.2) is 0 Å². The van der Waals surface area contributed by atoms with Gasteiger partial charge in [-0.2, -0.15) is 0 Å². The molecule has 0 atom stereocenters. The molecular weight excluding hydrogens is 484 g/mol. The fourth-order valence-electron chi connectivity index (χ4n) is 0.745. The summed E-state index contributed by atoms with van der Waals surface area (Å²) < 4.78 is 1.36. The Morgan fingerprint density at radius 3 is 2.45 bits per heavy atom. The van der Waals surface area contributed by atoms with Gasteiger partial charge < -0.3 is 0 Å². The van der Waals surface area contributed by atoms with Crippen molar-refractivity contribution in [1.82, 2.24) is 0 Å². The van der Waals surface area contributed by atoms with Crippen molar-refractivity contribution >= 4 is 56.6 Å². The summed E-state index contributed by atoms with van der Waals surface area (Å²) in [7, 11) is 0. The zero-order chi connectivity index (χ0) is 8.43. The first-order valence-electron chi connectivity index (χ1n) is 3.15. The molecular formula is C7H6Br2ClTl. The number of hydrogen-bond donors (Lipinski definition) is 0. The molecule has 0 nitrogen and oxygen atoms in total. The molecule has 0 spiro atoms. The van der Waals surface area contributed by atoms with Gasteiger partial charge in [0.1, 0.15) is 0 Å².